The monoisotopic (exact) mass is 353 g/mol. The molecule has 132 valence electrons. The van der Waals surface area contributed by atoms with Crippen LogP contribution in [0.2, 0.25) is 5.28 Å². The highest BCUT2D eigenvalue weighted by atomic mass is 35.5. The molecule has 1 fully saturated rings. The van der Waals surface area contributed by atoms with E-state index >= 15 is 0 Å². The molecule has 0 radical (unpaired) electrons. The Bertz CT molecular complexity index is 657. The van der Waals surface area contributed by atoms with Crippen LogP contribution in [0.15, 0.2) is 6.33 Å². The van der Waals surface area contributed by atoms with E-state index < -0.39 is 0 Å². The maximum atomic E-state index is 6.11. The summed E-state index contributed by atoms with van der Waals surface area (Å²) in [6.07, 6.45) is 7.61. The van der Waals surface area contributed by atoms with E-state index in [-0.39, 0.29) is 5.28 Å². The molecule has 3 rings (SSSR count). The number of methoxy groups -OCH3 is 1. The predicted molar refractivity (Wildman–Crippen MR) is 93.6 cm³/mol. The Balaban J connectivity index is 1.63. The predicted octanol–water partition coefficient (Wildman–Crippen LogP) is 3.06. The van der Waals surface area contributed by atoms with Crippen LogP contribution in [0.3, 0.4) is 0 Å². The van der Waals surface area contributed by atoms with Gasteiger partial charge in [-0.05, 0) is 30.9 Å². The third kappa shape index (κ3) is 4.15. The fourth-order valence-corrected chi connectivity index (χ4v) is 3.25. The van der Waals surface area contributed by atoms with Gasteiger partial charge in [-0.25, -0.2) is 4.98 Å². The lowest BCUT2D eigenvalue weighted by molar-refractivity contribution is 0.0705. The molecule has 0 spiro atoms. The van der Waals surface area contributed by atoms with E-state index in [9.17, 15) is 0 Å². The first-order valence-corrected chi connectivity index (χ1v) is 8.88. The number of fused-ring (bicyclic) bond motifs is 1. The third-order valence-electron chi connectivity index (χ3n) is 4.30. The molecule has 0 unspecified atom stereocenters. The topological polar surface area (TPSA) is 74.1 Å². The molecule has 0 aliphatic heterocycles. The zero-order valence-electron chi connectivity index (χ0n) is 14.0. The molecule has 0 amide bonds. The summed E-state index contributed by atoms with van der Waals surface area (Å²) in [6, 6.07) is 0.475. The molecular formula is C16H24ClN5O2. The number of aromatic nitrogens is 4. The molecule has 7 nitrogen and oxygen atoms in total. The Hall–Kier alpha value is -1.44. The average molecular weight is 354 g/mol. The van der Waals surface area contributed by atoms with Gasteiger partial charge in [0.2, 0.25) is 5.28 Å². The first-order valence-electron chi connectivity index (χ1n) is 8.50. The lowest BCUT2D eigenvalue weighted by atomic mass is 10.2. The van der Waals surface area contributed by atoms with Crippen molar-refractivity contribution in [1.82, 2.24) is 19.5 Å². The lowest BCUT2D eigenvalue weighted by Gasteiger charge is -2.12. The van der Waals surface area contributed by atoms with Crippen LogP contribution in [0.4, 0.5) is 5.82 Å². The van der Waals surface area contributed by atoms with Gasteiger partial charge < -0.3 is 19.4 Å². The summed E-state index contributed by atoms with van der Waals surface area (Å²) in [5.41, 5.74) is 1.60. The van der Waals surface area contributed by atoms with Crippen molar-refractivity contribution in [3.8, 4) is 0 Å². The van der Waals surface area contributed by atoms with Gasteiger partial charge in [-0.1, -0.05) is 12.8 Å². The number of halogens is 1. The summed E-state index contributed by atoms with van der Waals surface area (Å²) in [7, 11) is 1.67. The first kappa shape index (κ1) is 17.4. The van der Waals surface area contributed by atoms with E-state index in [1.807, 2.05) is 6.33 Å². The van der Waals surface area contributed by atoms with Crippen molar-refractivity contribution in [3.05, 3.63) is 11.6 Å². The van der Waals surface area contributed by atoms with Crippen LogP contribution in [0.1, 0.15) is 38.1 Å². The highest BCUT2D eigenvalue weighted by molar-refractivity contribution is 6.28. The number of nitrogens with one attached hydrogen (secondary N) is 1. The highest BCUT2D eigenvalue weighted by Crippen LogP contribution is 2.32. The van der Waals surface area contributed by atoms with Crippen molar-refractivity contribution in [2.75, 3.05) is 38.8 Å². The second-order valence-corrected chi connectivity index (χ2v) is 6.33. The fraction of sp³-hybridized carbons (Fsp3) is 0.688. The Morgan fingerprint density at radius 1 is 1.25 bits per heavy atom. The summed E-state index contributed by atoms with van der Waals surface area (Å²) in [6.45, 7) is 2.65. The SMILES string of the molecule is COCCOCCCNc1nc(Cl)nc2c1ncn2C1CCCC1. The molecule has 1 aliphatic rings. The molecule has 2 heterocycles. The minimum absolute atomic E-state index is 0.251. The maximum absolute atomic E-state index is 6.11. The summed E-state index contributed by atoms with van der Waals surface area (Å²) in [5.74, 6) is 0.693. The molecule has 0 atom stereocenters. The van der Waals surface area contributed by atoms with Gasteiger partial charge in [-0.3, -0.25) is 0 Å². The van der Waals surface area contributed by atoms with Crippen LogP contribution in [-0.4, -0.2) is 53.0 Å². The molecule has 1 aliphatic carbocycles. The zero-order chi connectivity index (χ0) is 16.8. The Morgan fingerprint density at radius 2 is 2.08 bits per heavy atom. The molecule has 1 N–H and O–H groups in total. The van der Waals surface area contributed by atoms with Gasteiger partial charge in [0.25, 0.3) is 0 Å². The smallest absolute Gasteiger partial charge is 0.226 e. The van der Waals surface area contributed by atoms with Crippen LogP contribution in [0.25, 0.3) is 11.2 Å². The largest absolute Gasteiger partial charge is 0.382 e. The molecule has 0 aromatic carbocycles. The van der Waals surface area contributed by atoms with Crippen molar-refractivity contribution in [2.45, 2.75) is 38.1 Å². The third-order valence-corrected chi connectivity index (χ3v) is 4.47. The van der Waals surface area contributed by atoms with Gasteiger partial charge in [0.1, 0.15) is 0 Å². The molecular weight excluding hydrogens is 330 g/mol. The van der Waals surface area contributed by atoms with E-state index in [1.54, 1.807) is 7.11 Å². The van der Waals surface area contributed by atoms with Gasteiger partial charge in [-0.2, -0.15) is 9.97 Å². The van der Waals surface area contributed by atoms with Crippen LogP contribution in [-0.2, 0) is 9.47 Å². The standard InChI is InChI=1S/C16H24ClN5O2/c1-23-9-10-24-8-4-7-18-14-13-15(21-16(17)20-14)22(11-19-13)12-5-2-3-6-12/h11-12H,2-10H2,1H3,(H,18,20,21). The van der Waals surface area contributed by atoms with Crippen molar-refractivity contribution < 1.29 is 9.47 Å². The van der Waals surface area contributed by atoms with E-state index in [0.29, 0.717) is 31.7 Å². The summed E-state index contributed by atoms with van der Waals surface area (Å²) < 4.78 is 12.5. The van der Waals surface area contributed by atoms with Gasteiger partial charge in [0.15, 0.2) is 17.0 Å². The van der Waals surface area contributed by atoms with E-state index in [0.717, 1.165) is 24.1 Å². The van der Waals surface area contributed by atoms with Crippen molar-refractivity contribution in [3.63, 3.8) is 0 Å². The minimum Gasteiger partial charge on any atom is -0.382 e. The minimum atomic E-state index is 0.251. The summed E-state index contributed by atoms with van der Waals surface area (Å²) >= 11 is 6.11. The average Bonchev–Trinajstić information content (AvgIpc) is 3.22. The van der Waals surface area contributed by atoms with Gasteiger partial charge in [-0.15, -0.1) is 0 Å². The second kappa shape index (κ2) is 8.60. The molecule has 2 aromatic heterocycles. The van der Waals surface area contributed by atoms with Crippen molar-refractivity contribution >= 4 is 28.6 Å². The number of nitrogens with zero attached hydrogens (tertiary/aromatic N) is 4. The highest BCUT2D eigenvalue weighted by Gasteiger charge is 2.21. The Morgan fingerprint density at radius 3 is 2.88 bits per heavy atom. The molecule has 0 saturated heterocycles. The van der Waals surface area contributed by atoms with Crippen LogP contribution in [0, 0.1) is 0 Å². The molecule has 2 aromatic rings. The van der Waals surface area contributed by atoms with Crippen LogP contribution in [0.5, 0.6) is 0 Å². The maximum Gasteiger partial charge on any atom is 0.226 e. The number of ether oxygens (including phenoxy) is 2. The fourth-order valence-electron chi connectivity index (χ4n) is 3.09. The number of hydrogen-bond acceptors (Lipinski definition) is 6. The number of imidazole rings is 1. The Kier molecular flexibility index (Phi) is 6.23. The number of rotatable bonds is 9. The Labute approximate surface area is 146 Å². The zero-order valence-corrected chi connectivity index (χ0v) is 14.8. The summed E-state index contributed by atoms with van der Waals surface area (Å²) in [5, 5.41) is 3.55. The van der Waals surface area contributed by atoms with Crippen LogP contribution < -0.4 is 5.32 Å². The lowest BCUT2D eigenvalue weighted by Crippen LogP contribution is -2.10. The van der Waals surface area contributed by atoms with Gasteiger partial charge >= 0.3 is 0 Å². The van der Waals surface area contributed by atoms with E-state index in [4.69, 9.17) is 21.1 Å². The van der Waals surface area contributed by atoms with Crippen LogP contribution >= 0.6 is 11.6 Å². The molecule has 1 saturated carbocycles. The van der Waals surface area contributed by atoms with Crippen molar-refractivity contribution in [2.24, 2.45) is 0 Å². The summed E-state index contributed by atoms with van der Waals surface area (Å²) in [4.78, 5) is 13.2. The van der Waals surface area contributed by atoms with Gasteiger partial charge in [0, 0.05) is 26.3 Å². The number of anilines is 1. The molecule has 24 heavy (non-hydrogen) atoms. The van der Waals surface area contributed by atoms with Crippen molar-refractivity contribution in [1.29, 1.82) is 0 Å². The van der Waals surface area contributed by atoms with E-state index in [1.165, 1.54) is 25.7 Å². The van der Waals surface area contributed by atoms with Gasteiger partial charge in [0.05, 0.1) is 19.5 Å². The first-order chi connectivity index (χ1) is 11.8. The molecule has 8 heteroatoms. The number of hydrogen-bond donors (Lipinski definition) is 1. The van der Waals surface area contributed by atoms with E-state index in [2.05, 4.69) is 24.8 Å². The second-order valence-electron chi connectivity index (χ2n) is 5.99. The molecule has 0 bridgehead atoms. The quantitative estimate of drug-likeness (QED) is 0.551. The normalized spacial score (nSPS) is 15.4.